The molecule has 0 radical (unpaired) electrons. The molecule has 2 rings (SSSR count). The van der Waals surface area contributed by atoms with Crippen LogP contribution in [0.3, 0.4) is 0 Å². The zero-order valence-electron chi connectivity index (χ0n) is 13.0. The molecule has 0 aliphatic heterocycles. The zero-order chi connectivity index (χ0) is 15.1. The van der Waals surface area contributed by atoms with E-state index in [1.165, 1.54) is 5.56 Å². The van der Waals surface area contributed by atoms with E-state index in [4.69, 9.17) is 9.47 Å². The third-order valence-corrected chi connectivity index (χ3v) is 3.19. The first-order valence-electron chi connectivity index (χ1n) is 7.37. The first kappa shape index (κ1) is 15.7. The van der Waals surface area contributed by atoms with Gasteiger partial charge in [-0.15, -0.1) is 0 Å². The maximum atomic E-state index is 5.86. The Morgan fingerprint density at radius 2 is 1.57 bits per heavy atom. The summed E-state index contributed by atoms with van der Waals surface area (Å²) in [5.74, 6) is 0. The summed E-state index contributed by atoms with van der Waals surface area (Å²) in [7, 11) is 0. The first-order chi connectivity index (χ1) is 10.1. The highest BCUT2D eigenvalue weighted by Gasteiger charge is 2.08. The number of nitrogens with zero attached hydrogens (tertiary/aromatic N) is 1. The highest BCUT2D eigenvalue weighted by atomic mass is 16.5. The average Bonchev–Trinajstić information content (AvgIpc) is 2.52. The van der Waals surface area contributed by atoms with Crippen LogP contribution in [0.15, 0.2) is 48.7 Å². The lowest BCUT2D eigenvalue weighted by Crippen LogP contribution is -2.05. The molecule has 0 amide bonds. The fourth-order valence-electron chi connectivity index (χ4n) is 1.91. The monoisotopic (exact) mass is 285 g/mol. The van der Waals surface area contributed by atoms with E-state index in [-0.39, 0.29) is 12.2 Å². The third kappa shape index (κ3) is 5.29. The lowest BCUT2D eigenvalue weighted by molar-refractivity contribution is 0.0493. The van der Waals surface area contributed by atoms with E-state index < -0.39 is 0 Å². The molecule has 21 heavy (non-hydrogen) atoms. The Labute approximate surface area is 126 Å². The number of hydrogen-bond acceptors (Lipinski definition) is 3. The Kier molecular flexibility index (Phi) is 5.90. The molecule has 2 aromatic rings. The zero-order valence-corrected chi connectivity index (χ0v) is 13.0. The molecule has 3 heteroatoms. The van der Waals surface area contributed by atoms with Crippen LogP contribution in [0.4, 0.5) is 0 Å². The number of hydrogen-bond donors (Lipinski definition) is 0. The van der Waals surface area contributed by atoms with Gasteiger partial charge in [-0.1, -0.05) is 36.4 Å². The van der Waals surface area contributed by atoms with Crippen molar-refractivity contribution in [2.24, 2.45) is 0 Å². The van der Waals surface area contributed by atoms with E-state index in [1.807, 2.05) is 57.3 Å². The molecule has 1 atom stereocenters. The minimum atomic E-state index is -0.0229. The summed E-state index contributed by atoms with van der Waals surface area (Å²) in [4.78, 5) is 4.46. The molecule has 0 bridgehead atoms. The number of benzene rings is 1. The van der Waals surface area contributed by atoms with Gasteiger partial charge in [-0.3, -0.25) is 4.98 Å². The van der Waals surface area contributed by atoms with Gasteiger partial charge in [-0.05, 0) is 38.0 Å². The van der Waals surface area contributed by atoms with Gasteiger partial charge in [0, 0.05) is 6.20 Å². The molecular weight excluding hydrogens is 262 g/mol. The fraction of sp³-hybridized carbons (Fsp3) is 0.389. The van der Waals surface area contributed by atoms with Gasteiger partial charge in [0.25, 0.3) is 0 Å². The van der Waals surface area contributed by atoms with E-state index in [2.05, 4.69) is 17.1 Å². The second-order valence-corrected chi connectivity index (χ2v) is 5.39. The number of pyridine rings is 1. The number of aromatic nitrogens is 1. The van der Waals surface area contributed by atoms with Crippen molar-refractivity contribution >= 4 is 0 Å². The van der Waals surface area contributed by atoms with Crippen LogP contribution in [0, 0.1) is 0 Å². The summed E-state index contributed by atoms with van der Waals surface area (Å²) < 4.78 is 11.4. The van der Waals surface area contributed by atoms with Crippen molar-refractivity contribution in [3.05, 3.63) is 65.5 Å². The molecule has 0 aliphatic rings. The predicted octanol–water partition coefficient (Wildman–Crippen LogP) is 4.28. The SMILES string of the molecule is CC(C)OCc1ccc([C@H](C)OCc2ccccc2)nc1. The minimum absolute atomic E-state index is 0.0229. The standard InChI is InChI=1S/C18H23NO2/c1-14(2)20-13-17-9-10-18(19-11-17)15(3)21-12-16-7-5-4-6-8-16/h4-11,14-15H,12-13H2,1-3H3/t15-/m0/s1. The molecule has 3 nitrogen and oxygen atoms in total. The molecule has 0 saturated heterocycles. The second-order valence-electron chi connectivity index (χ2n) is 5.39. The summed E-state index contributed by atoms with van der Waals surface area (Å²) >= 11 is 0. The maximum absolute atomic E-state index is 5.86. The summed E-state index contributed by atoms with van der Waals surface area (Å²) in [5.41, 5.74) is 3.20. The second kappa shape index (κ2) is 7.91. The Morgan fingerprint density at radius 1 is 0.857 bits per heavy atom. The average molecular weight is 285 g/mol. The van der Waals surface area contributed by atoms with Gasteiger partial charge in [-0.25, -0.2) is 0 Å². The Hall–Kier alpha value is -1.71. The molecule has 1 aromatic heterocycles. The van der Waals surface area contributed by atoms with Gasteiger partial charge in [0.15, 0.2) is 0 Å². The van der Waals surface area contributed by atoms with Gasteiger partial charge in [-0.2, -0.15) is 0 Å². The Bertz CT molecular complexity index is 523. The molecule has 0 spiro atoms. The molecule has 0 saturated carbocycles. The minimum Gasteiger partial charge on any atom is -0.374 e. The van der Waals surface area contributed by atoms with Gasteiger partial charge in [0.2, 0.25) is 0 Å². The van der Waals surface area contributed by atoms with E-state index in [1.54, 1.807) is 0 Å². The van der Waals surface area contributed by atoms with Crippen LogP contribution in [0.1, 0.15) is 43.7 Å². The predicted molar refractivity (Wildman–Crippen MR) is 83.8 cm³/mol. The summed E-state index contributed by atoms with van der Waals surface area (Å²) in [6.07, 6.45) is 2.07. The quantitative estimate of drug-likeness (QED) is 0.760. The normalized spacial score (nSPS) is 12.6. The van der Waals surface area contributed by atoms with Crippen molar-refractivity contribution in [2.75, 3.05) is 0 Å². The van der Waals surface area contributed by atoms with Crippen molar-refractivity contribution in [3.63, 3.8) is 0 Å². The van der Waals surface area contributed by atoms with Crippen molar-refractivity contribution < 1.29 is 9.47 Å². The van der Waals surface area contributed by atoms with Crippen LogP contribution >= 0.6 is 0 Å². The van der Waals surface area contributed by atoms with E-state index >= 15 is 0 Å². The van der Waals surface area contributed by atoms with E-state index in [9.17, 15) is 0 Å². The topological polar surface area (TPSA) is 31.4 Å². The summed E-state index contributed by atoms with van der Waals surface area (Å²) in [6, 6.07) is 14.2. The van der Waals surface area contributed by atoms with Crippen LogP contribution < -0.4 is 0 Å². The third-order valence-electron chi connectivity index (χ3n) is 3.19. The molecule has 1 aromatic carbocycles. The van der Waals surface area contributed by atoms with Crippen LogP contribution in [0.2, 0.25) is 0 Å². The van der Waals surface area contributed by atoms with Crippen molar-refractivity contribution in [1.29, 1.82) is 0 Å². The summed E-state index contributed by atoms with van der Waals surface area (Å²) in [6.45, 7) is 7.28. The van der Waals surface area contributed by atoms with Gasteiger partial charge < -0.3 is 9.47 Å². The maximum Gasteiger partial charge on any atom is 0.0971 e. The van der Waals surface area contributed by atoms with E-state index in [0.29, 0.717) is 13.2 Å². The Morgan fingerprint density at radius 3 is 2.19 bits per heavy atom. The highest BCUT2D eigenvalue weighted by molar-refractivity contribution is 5.16. The van der Waals surface area contributed by atoms with Crippen molar-refractivity contribution in [1.82, 2.24) is 4.98 Å². The molecule has 0 fully saturated rings. The fourth-order valence-corrected chi connectivity index (χ4v) is 1.91. The lowest BCUT2D eigenvalue weighted by atomic mass is 10.2. The van der Waals surface area contributed by atoms with Crippen molar-refractivity contribution in [2.45, 2.75) is 46.2 Å². The van der Waals surface area contributed by atoms with Crippen LogP contribution in [0.25, 0.3) is 0 Å². The first-order valence-corrected chi connectivity index (χ1v) is 7.37. The lowest BCUT2D eigenvalue weighted by Gasteiger charge is -2.13. The van der Waals surface area contributed by atoms with Crippen LogP contribution in [-0.4, -0.2) is 11.1 Å². The molecule has 0 unspecified atom stereocenters. The van der Waals surface area contributed by atoms with Crippen LogP contribution in [0.5, 0.6) is 0 Å². The van der Waals surface area contributed by atoms with Crippen molar-refractivity contribution in [3.8, 4) is 0 Å². The van der Waals surface area contributed by atoms with Gasteiger partial charge in [0.05, 0.1) is 31.1 Å². The smallest absolute Gasteiger partial charge is 0.0971 e. The highest BCUT2D eigenvalue weighted by Crippen LogP contribution is 2.17. The molecular formula is C18H23NO2. The molecule has 0 aliphatic carbocycles. The van der Waals surface area contributed by atoms with Gasteiger partial charge in [0.1, 0.15) is 0 Å². The van der Waals surface area contributed by atoms with Gasteiger partial charge >= 0.3 is 0 Å². The van der Waals surface area contributed by atoms with Crippen LogP contribution in [-0.2, 0) is 22.7 Å². The summed E-state index contributed by atoms with van der Waals surface area (Å²) in [5, 5.41) is 0. The molecule has 112 valence electrons. The molecule has 1 heterocycles. The number of ether oxygens (including phenoxy) is 2. The molecule has 0 N–H and O–H groups in total. The largest absolute Gasteiger partial charge is 0.374 e. The number of rotatable bonds is 7. The van der Waals surface area contributed by atoms with E-state index in [0.717, 1.165) is 11.3 Å². The Balaban J connectivity index is 1.86.